The third kappa shape index (κ3) is 1.93. The summed E-state index contributed by atoms with van der Waals surface area (Å²) < 4.78 is 39.5. The highest BCUT2D eigenvalue weighted by Gasteiger charge is 2.32. The number of hydrogen-bond acceptors (Lipinski definition) is 1. The Balaban J connectivity index is 2.69. The van der Waals surface area contributed by atoms with Crippen LogP contribution in [0.25, 0.3) is 21.5 Å². The van der Waals surface area contributed by atoms with E-state index in [9.17, 15) is 18.0 Å². The largest absolute Gasteiger partial charge is 0.417 e. The number of hydrogen-bond donors (Lipinski definition) is 0. The van der Waals surface area contributed by atoms with Crippen LogP contribution in [-0.4, -0.2) is 0 Å². The Morgan fingerprint density at radius 2 is 1.15 bits per heavy atom. The summed E-state index contributed by atoms with van der Waals surface area (Å²) >= 11 is 0. The Labute approximate surface area is 112 Å². The Morgan fingerprint density at radius 1 is 0.700 bits per heavy atom. The van der Waals surface area contributed by atoms with Crippen molar-refractivity contribution in [3.63, 3.8) is 0 Å². The fourth-order valence-electron chi connectivity index (χ4n) is 2.41. The van der Waals surface area contributed by atoms with E-state index < -0.39 is 17.2 Å². The van der Waals surface area contributed by atoms with Gasteiger partial charge in [-0.1, -0.05) is 48.5 Å². The van der Waals surface area contributed by atoms with Gasteiger partial charge in [0.05, 0.1) is 5.56 Å². The molecule has 0 amide bonds. The molecule has 3 aromatic carbocycles. The fraction of sp³-hybridized carbons (Fsp3) is 0.0625. The van der Waals surface area contributed by atoms with Crippen molar-refractivity contribution in [3.05, 3.63) is 70.4 Å². The molecule has 3 rings (SSSR count). The molecule has 3 aromatic rings. The molecule has 0 atom stereocenters. The van der Waals surface area contributed by atoms with E-state index in [0.29, 0.717) is 22.2 Å². The van der Waals surface area contributed by atoms with E-state index in [0.717, 1.165) is 0 Å². The highest BCUT2D eigenvalue weighted by atomic mass is 19.4. The molecule has 20 heavy (non-hydrogen) atoms. The minimum absolute atomic E-state index is 0.0401. The molecule has 0 aliphatic heterocycles. The summed E-state index contributed by atoms with van der Waals surface area (Å²) in [5.74, 6) is 0. The molecule has 4 heteroatoms. The van der Waals surface area contributed by atoms with Crippen molar-refractivity contribution >= 4 is 21.5 Å². The third-order valence-electron chi connectivity index (χ3n) is 3.28. The predicted octanol–water partition coefficient (Wildman–Crippen LogP) is 4.37. The van der Waals surface area contributed by atoms with Crippen LogP contribution in [0.5, 0.6) is 0 Å². The SMILES string of the molecule is O=c1cc(C(F)(F)F)c2ccccc2c2ccccc12. The van der Waals surface area contributed by atoms with Crippen LogP contribution in [0.15, 0.2) is 59.4 Å². The van der Waals surface area contributed by atoms with E-state index in [-0.39, 0.29) is 5.39 Å². The summed E-state index contributed by atoms with van der Waals surface area (Å²) in [7, 11) is 0. The molecular weight excluding hydrogens is 265 g/mol. The van der Waals surface area contributed by atoms with Crippen LogP contribution in [0.4, 0.5) is 13.2 Å². The summed E-state index contributed by atoms with van der Waals surface area (Å²) in [6.45, 7) is 0. The number of rotatable bonds is 0. The van der Waals surface area contributed by atoms with E-state index in [1.54, 1.807) is 36.4 Å². The Bertz CT molecular complexity index is 866. The molecule has 0 saturated heterocycles. The van der Waals surface area contributed by atoms with Crippen LogP contribution in [0.3, 0.4) is 0 Å². The number of fused-ring (bicyclic) bond motifs is 3. The first-order chi connectivity index (χ1) is 9.48. The molecular formula is C16H9F3O. The fourth-order valence-corrected chi connectivity index (χ4v) is 2.41. The van der Waals surface area contributed by atoms with Crippen molar-refractivity contribution in [2.45, 2.75) is 6.18 Å². The van der Waals surface area contributed by atoms with Crippen LogP contribution < -0.4 is 5.43 Å². The van der Waals surface area contributed by atoms with E-state index in [2.05, 4.69) is 0 Å². The molecule has 0 saturated carbocycles. The van der Waals surface area contributed by atoms with Gasteiger partial charge in [-0.3, -0.25) is 4.79 Å². The van der Waals surface area contributed by atoms with Crippen molar-refractivity contribution in [2.75, 3.05) is 0 Å². The smallest absolute Gasteiger partial charge is 0.289 e. The maximum absolute atomic E-state index is 13.2. The highest BCUT2D eigenvalue weighted by molar-refractivity contribution is 6.07. The quantitative estimate of drug-likeness (QED) is 0.595. The molecule has 0 aliphatic carbocycles. The van der Waals surface area contributed by atoms with Crippen molar-refractivity contribution < 1.29 is 13.2 Å². The van der Waals surface area contributed by atoms with Gasteiger partial charge < -0.3 is 0 Å². The van der Waals surface area contributed by atoms with Gasteiger partial charge in [-0.05, 0) is 22.2 Å². The van der Waals surface area contributed by atoms with E-state index in [1.165, 1.54) is 12.1 Å². The maximum atomic E-state index is 13.2. The predicted molar refractivity (Wildman–Crippen MR) is 72.7 cm³/mol. The molecule has 100 valence electrons. The first-order valence-electron chi connectivity index (χ1n) is 6.00. The molecule has 0 spiro atoms. The van der Waals surface area contributed by atoms with Crippen LogP contribution >= 0.6 is 0 Å². The van der Waals surface area contributed by atoms with Crippen LogP contribution in [0, 0.1) is 0 Å². The van der Waals surface area contributed by atoms with Crippen LogP contribution in [0.1, 0.15) is 5.56 Å². The average Bonchev–Trinajstić information content (AvgIpc) is 2.55. The number of halogens is 3. The van der Waals surface area contributed by atoms with Gasteiger partial charge in [0.1, 0.15) is 0 Å². The first kappa shape index (κ1) is 12.7. The standard InChI is InChI=1S/C16H9F3O/c17-16(18,19)14-9-15(20)13-8-4-2-6-11(13)10-5-1-3-7-12(10)14/h1-9H. The Morgan fingerprint density at radius 3 is 1.70 bits per heavy atom. The average molecular weight is 274 g/mol. The molecule has 0 unspecified atom stereocenters. The van der Waals surface area contributed by atoms with Gasteiger partial charge in [-0.25, -0.2) is 0 Å². The monoisotopic (exact) mass is 274 g/mol. The lowest BCUT2D eigenvalue weighted by atomic mass is 10.1. The van der Waals surface area contributed by atoms with Crippen molar-refractivity contribution in [1.82, 2.24) is 0 Å². The van der Waals surface area contributed by atoms with E-state index in [4.69, 9.17) is 0 Å². The second-order valence-corrected chi connectivity index (χ2v) is 4.51. The second-order valence-electron chi connectivity index (χ2n) is 4.51. The summed E-state index contributed by atoms with van der Waals surface area (Å²) in [5.41, 5.74) is -1.52. The Kier molecular flexibility index (Phi) is 2.74. The molecule has 0 radical (unpaired) electrons. The van der Waals surface area contributed by atoms with Crippen molar-refractivity contribution in [3.8, 4) is 0 Å². The third-order valence-corrected chi connectivity index (χ3v) is 3.28. The minimum Gasteiger partial charge on any atom is -0.289 e. The Hall–Kier alpha value is -2.36. The molecule has 1 nitrogen and oxygen atoms in total. The lowest BCUT2D eigenvalue weighted by Gasteiger charge is -2.07. The summed E-state index contributed by atoms with van der Waals surface area (Å²) in [5, 5.41) is 1.29. The highest BCUT2D eigenvalue weighted by Crippen LogP contribution is 2.35. The zero-order valence-corrected chi connectivity index (χ0v) is 10.2. The molecule has 0 aliphatic rings. The summed E-state index contributed by atoms with van der Waals surface area (Å²) in [6, 6.07) is 13.5. The van der Waals surface area contributed by atoms with Gasteiger partial charge in [0.25, 0.3) is 0 Å². The van der Waals surface area contributed by atoms with E-state index >= 15 is 0 Å². The normalized spacial score (nSPS) is 11.9. The molecule has 0 fully saturated rings. The van der Waals surface area contributed by atoms with Gasteiger partial charge in [-0.15, -0.1) is 0 Å². The second kappa shape index (κ2) is 4.34. The van der Waals surface area contributed by atoms with Gasteiger partial charge in [0, 0.05) is 5.39 Å². The van der Waals surface area contributed by atoms with Crippen LogP contribution in [0.2, 0.25) is 0 Å². The summed E-state index contributed by atoms with van der Waals surface area (Å²) in [6.07, 6.45) is -4.56. The first-order valence-corrected chi connectivity index (χ1v) is 6.00. The number of alkyl halides is 3. The molecule has 0 aromatic heterocycles. The lowest BCUT2D eigenvalue weighted by molar-refractivity contribution is -0.136. The van der Waals surface area contributed by atoms with E-state index in [1.807, 2.05) is 0 Å². The lowest BCUT2D eigenvalue weighted by Crippen LogP contribution is -2.07. The zero-order valence-electron chi connectivity index (χ0n) is 10.2. The van der Waals surface area contributed by atoms with Gasteiger partial charge >= 0.3 is 6.18 Å². The van der Waals surface area contributed by atoms with Crippen molar-refractivity contribution in [2.24, 2.45) is 0 Å². The topological polar surface area (TPSA) is 17.1 Å². The van der Waals surface area contributed by atoms with Gasteiger partial charge in [0.2, 0.25) is 0 Å². The van der Waals surface area contributed by atoms with Gasteiger partial charge in [0.15, 0.2) is 5.43 Å². The molecule has 0 heterocycles. The summed E-state index contributed by atoms with van der Waals surface area (Å²) in [4.78, 5) is 12.1. The molecule has 0 N–H and O–H groups in total. The maximum Gasteiger partial charge on any atom is 0.417 e. The number of benzene rings is 2. The zero-order chi connectivity index (χ0) is 14.3. The molecule has 0 bridgehead atoms. The van der Waals surface area contributed by atoms with Gasteiger partial charge in [-0.2, -0.15) is 13.2 Å². The van der Waals surface area contributed by atoms with Crippen LogP contribution in [-0.2, 0) is 6.18 Å². The van der Waals surface area contributed by atoms with Crippen molar-refractivity contribution in [1.29, 1.82) is 0 Å². The minimum atomic E-state index is -4.56.